The van der Waals surface area contributed by atoms with Crippen LogP contribution < -0.4 is 10.8 Å². The van der Waals surface area contributed by atoms with Crippen LogP contribution in [0.1, 0.15) is 45.9 Å². The van der Waals surface area contributed by atoms with Crippen molar-refractivity contribution in [2.24, 2.45) is 0 Å². The number of ether oxygens (including phenoxy) is 1. The lowest BCUT2D eigenvalue weighted by molar-refractivity contribution is 0.0696. The smallest absolute Gasteiger partial charge is 0.410 e. The second kappa shape index (κ2) is 10.7. The summed E-state index contributed by atoms with van der Waals surface area (Å²) in [6, 6.07) is 18.5. The van der Waals surface area contributed by atoms with Crippen molar-refractivity contribution >= 4 is 36.8 Å². The van der Waals surface area contributed by atoms with Crippen molar-refractivity contribution < 1.29 is 19.4 Å². The first kappa shape index (κ1) is 24.4. The maximum Gasteiger partial charge on any atom is 0.410 e. The molecule has 10 heteroatoms. The Kier molecular flexibility index (Phi) is 7.07. The molecule has 0 unspecified atom stereocenters. The molecule has 1 amide bonds. The fourth-order valence-corrected chi connectivity index (χ4v) is 4.55. The first-order chi connectivity index (χ1) is 18.0. The van der Waals surface area contributed by atoms with Gasteiger partial charge in [-0.3, -0.25) is 0 Å². The molecule has 3 heterocycles. The van der Waals surface area contributed by atoms with E-state index in [-0.39, 0.29) is 24.2 Å². The molecule has 0 radical (unpaired) electrons. The van der Waals surface area contributed by atoms with Crippen LogP contribution in [-0.4, -0.2) is 57.6 Å². The van der Waals surface area contributed by atoms with Crippen molar-refractivity contribution in [3.05, 3.63) is 89.2 Å². The summed E-state index contributed by atoms with van der Waals surface area (Å²) >= 11 is 0. The lowest BCUT2D eigenvalue weighted by Crippen LogP contribution is -2.38. The maximum atomic E-state index is 12.6. The SMILES string of the molecule is Bc1cnn2c(NCc3ccc(C(=O)O)cc3)cc(C3CCN(C(=O)OCc4ccccc4)CC3)nc12. The van der Waals surface area contributed by atoms with Gasteiger partial charge in [0, 0.05) is 43.5 Å². The average Bonchev–Trinajstić information content (AvgIpc) is 3.31. The van der Waals surface area contributed by atoms with E-state index in [9.17, 15) is 9.59 Å². The normalized spacial score (nSPS) is 14.0. The van der Waals surface area contributed by atoms with Crippen molar-refractivity contribution in [3.63, 3.8) is 0 Å². The van der Waals surface area contributed by atoms with E-state index < -0.39 is 5.97 Å². The molecular formula is C27H28BN5O4. The number of carbonyl (C=O) groups excluding carboxylic acids is 1. The van der Waals surface area contributed by atoms with Crippen LogP contribution in [0.15, 0.2) is 66.9 Å². The van der Waals surface area contributed by atoms with Crippen LogP contribution in [0.25, 0.3) is 5.65 Å². The van der Waals surface area contributed by atoms with Crippen LogP contribution in [0.3, 0.4) is 0 Å². The number of nitrogens with one attached hydrogen (secondary N) is 1. The Hall–Kier alpha value is -4.34. The molecule has 1 aliphatic rings. The Labute approximate surface area is 215 Å². The highest BCUT2D eigenvalue weighted by Gasteiger charge is 2.26. The third-order valence-corrected chi connectivity index (χ3v) is 6.72. The summed E-state index contributed by atoms with van der Waals surface area (Å²) in [5, 5.41) is 17.0. The van der Waals surface area contributed by atoms with E-state index in [0.29, 0.717) is 19.6 Å². The number of nitrogens with zero attached hydrogens (tertiary/aromatic N) is 4. The Bertz CT molecular complexity index is 1400. The minimum absolute atomic E-state index is 0.216. The second-order valence-corrected chi connectivity index (χ2v) is 9.29. The fraction of sp³-hybridized carbons (Fsp3) is 0.259. The molecule has 37 heavy (non-hydrogen) atoms. The van der Waals surface area contributed by atoms with Crippen LogP contribution in [0.4, 0.5) is 10.6 Å². The third kappa shape index (κ3) is 5.58. The Balaban J connectivity index is 1.25. The van der Waals surface area contributed by atoms with Gasteiger partial charge in [0.15, 0.2) is 5.65 Å². The van der Waals surface area contributed by atoms with Gasteiger partial charge >= 0.3 is 12.1 Å². The van der Waals surface area contributed by atoms with Gasteiger partial charge in [-0.15, -0.1) is 0 Å². The molecule has 5 rings (SSSR count). The van der Waals surface area contributed by atoms with Gasteiger partial charge in [0.2, 0.25) is 0 Å². The van der Waals surface area contributed by atoms with Crippen LogP contribution >= 0.6 is 0 Å². The highest BCUT2D eigenvalue weighted by molar-refractivity contribution is 6.36. The zero-order chi connectivity index (χ0) is 25.8. The number of aromatic nitrogens is 3. The van der Waals surface area contributed by atoms with E-state index in [1.807, 2.05) is 44.2 Å². The molecule has 0 saturated carbocycles. The lowest BCUT2D eigenvalue weighted by atomic mass is 9.93. The number of aromatic carboxylic acids is 1. The zero-order valence-electron chi connectivity index (χ0n) is 20.6. The lowest BCUT2D eigenvalue weighted by Gasteiger charge is -2.31. The Morgan fingerprint density at radius 1 is 1.05 bits per heavy atom. The van der Waals surface area contributed by atoms with E-state index >= 15 is 0 Å². The van der Waals surface area contributed by atoms with Gasteiger partial charge in [0.25, 0.3) is 0 Å². The minimum Gasteiger partial charge on any atom is -0.478 e. The largest absolute Gasteiger partial charge is 0.478 e. The predicted molar refractivity (Wildman–Crippen MR) is 142 cm³/mol. The number of carboxylic acid groups (broad SMARTS) is 1. The number of hydrogen-bond donors (Lipinski definition) is 2. The Morgan fingerprint density at radius 2 is 1.78 bits per heavy atom. The number of hydrogen-bond acceptors (Lipinski definition) is 6. The number of carbonyl (C=O) groups is 2. The number of rotatable bonds is 7. The summed E-state index contributed by atoms with van der Waals surface area (Å²) < 4.78 is 7.29. The fourth-order valence-electron chi connectivity index (χ4n) is 4.55. The summed E-state index contributed by atoms with van der Waals surface area (Å²) in [4.78, 5) is 30.4. The molecule has 4 aromatic rings. The summed E-state index contributed by atoms with van der Waals surface area (Å²) in [5.41, 5.74) is 4.94. The molecule has 0 bridgehead atoms. The van der Waals surface area contributed by atoms with E-state index in [4.69, 9.17) is 14.8 Å². The number of piperidine rings is 1. The van der Waals surface area contributed by atoms with Gasteiger partial charge < -0.3 is 20.1 Å². The number of anilines is 1. The van der Waals surface area contributed by atoms with E-state index in [0.717, 1.165) is 46.6 Å². The standard InChI is InChI=1S/C27H28BN5O4/c28-22-16-30-33-24(29-15-18-6-8-21(9-7-18)26(34)35)14-23(31-25(22)33)20-10-12-32(13-11-20)27(36)37-17-19-4-2-1-3-5-19/h1-9,14,16,20,29H,10-13,15,17,28H2,(H,34,35). The molecule has 1 aliphatic heterocycles. The van der Waals surface area contributed by atoms with Crippen molar-refractivity contribution in [1.82, 2.24) is 19.5 Å². The highest BCUT2D eigenvalue weighted by Crippen LogP contribution is 2.29. The number of carboxylic acids is 1. The molecule has 0 atom stereocenters. The van der Waals surface area contributed by atoms with E-state index in [1.165, 1.54) is 0 Å². The van der Waals surface area contributed by atoms with Crippen LogP contribution in [0.5, 0.6) is 0 Å². The monoisotopic (exact) mass is 497 g/mol. The number of likely N-dealkylation sites (tertiary alicyclic amines) is 1. The number of benzene rings is 2. The van der Waals surface area contributed by atoms with Crippen molar-refractivity contribution in [2.45, 2.75) is 31.9 Å². The summed E-state index contributed by atoms with van der Waals surface area (Å²) in [7, 11) is 1.98. The molecule has 1 saturated heterocycles. The minimum atomic E-state index is -0.942. The second-order valence-electron chi connectivity index (χ2n) is 9.29. The van der Waals surface area contributed by atoms with E-state index in [1.54, 1.807) is 39.9 Å². The molecular weight excluding hydrogens is 469 g/mol. The first-order valence-electron chi connectivity index (χ1n) is 12.3. The van der Waals surface area contributed by atoms with Gasteiger partial charge in [0.1, 0.15) is 20.3 Å². The van der Waals surface area contributed by atoms with Gasteiger partial charge in [-0.2, -0.15) is 9.61 Å². The topological polar surface area (TPSA) is 109 Å². The summed E-state index contributed by atoms with van der Waals surface area (Å²) in [5.74, 6) is 0.0931. The molecule has 0 spiro atoms. The van der Waals surface area contributed by atoms with Crippen LogP contribution in [0.2, 0.25) is 0 Å². The highest BCUT2D eigenvalue weighted by atomic mass is 16.6. The van der Waals surface area contributed by atoms with Gasteiger partial charge in [-0.25, -0.2) is 14.6 Å². The third-order valence-electron chi connectivity index (χ3n) is 6.72. The van der Waals surface area contributed by atoms with Crippen molar-refractivity contribution in [1.29, 1.82) is 0 Å². The molecule has 2 aromatic heterocycles. The van der Waals surface area contributed by atoms with Crippen molar-refractivity contribution in [3.8, 4) is 0 Å². The predicted octanol–water partition coefficient (Wildman–Crippen LogP) is 2.81. The van der Waals surface area contributed by atoms with Gasteiger partial charge in [0.05, 0.1) is 5.56 Å². The molecule has 1 fully saturated rings. The average molecular weight is 497 g/mol. The molecule has 188 valence electrons. The van der Waals surface area contributed by atoms with Crippen molar-refractivity contribution in [2.75, 3.05) is 18.4 Å². The Morgan fingerprint density at radius 3 is 2.49 bits per heavy atom. The van der Waals surface area contributed by atoms with Gasteiger partial charge in [-0.05, 0) is 41.6 Å². The maximum absolute atomic E-state index is 12.6. The molecule has 0 aliphatic carbocycles. The number of amides is 1. The van der Waals surface area contributed by atoms with Crippen LogP contribution in [-0.2, 0) is 17.9 Å². The molecule has 9 nitrogen and oxygen atoms in total. The number of fused-ring (bicyclic) bond motifs is 1. The van der Waals surface area contributed by atoms with E-state index in [2.05, 4.69) is 10.4 Å². The zero-order valence-corrected chi connectivity index (χ0v) is 20.6. The first-order valence-corrected chi connectivity index (χ1v) is 12.3. The summed E-state index contributed by atoms with van der Waals surface area (Å²) in [6.07, 6.45) is 3.11. The van der Waals surface area contributed by atoms with Crippen LogP contribution in [0, 0.1) is 0 Å². The summed E-state index contributed by atoms with van der Waals surface area (Å²) in [6.45, 7) is 2.01. The molecule has 2 N–H and O–H groups in total. The quantitative estimate of drug-likeness (QED) is 0.378. The van der Waals surface area contributed by atoms with Gasteiger partial charge in [-0.1, -0.05) is 42.5 Å². The molecule has 2 aromatic carbocycles.